The average Bonchev–Trinajstić information content (AvgIpc) is 3.03. The summed E-state index contributed by atoms with van der Waals surface area (Å²) in [6.07, 6.45) is 5.47. The zero-order chi connectivity index (χ0) is 13.6. The largest absolute Gasteiger partial charge is 0.279 e. The molecule has 2 aromatic carbocycles. The van der Waals surface area contributed by atoms with E-state index in [1.165, 1.54) is 0 Å². The normalized spacial score (nSPS) is 10.8. The summed E-state index contributed by atoms with van der Waals surface area (Å²) < 4.78 is 1.82. The molecular weight excluding hydrogens is 248 g/mol. The van der Waals surface area contributed by atoms with Gasteiger partial charge < -0.3 is 0 Å². The summed E-state index contributed by atoms with van der Waals surface area (Å²) in [6, 6.07) is 19.7. The summed E-state index contributed by atoms with van der Waals surface area (Å²) in [5.74, 6) is 0. The molecule has 4 nitrogen and oxygen atoms in total. The Morgan fingerprint density at radius 2 is 1.75 bits per heavy atom. The first kappa shape index (κ1) is 12.2. The molecular formula is C16H14N4. The Bertz CT molecular complexity index is 688. The molecule has 0 saturated heterocycles. The zero-order valence-electron chi connectivity index (χ0n) is 10.8. The molecule has 1 heterocycles. The van der Waals surface area contributed by atoms with Gasteiger partial charge in [0, 0.05) is 18.0 Å². The Morgan fingerprint density at radius 3 is 2.55 bits per heavy atom. The van der Waals surface area contributed by atoms with Gasteiger partial charge in [-0.05, 0) is 24.3 Å². The van der Waals surface area contributed by atoms with Gasteiger partial charge in [-0.3, -0.25) is 5.43 Å². The average molecular weight is 262 g/mol. The Labute approximate surface area is 117 Å². The molecule has 3 rings (SSSR count). The van der Waals surface area contributed by atoms with Crippen LogP contribution in [0.4, 0.5) is 5.69 Å². The molecule has 1 aromatic heterocycles. The van der Waals surface area contributed by atoms with Gasteiger partial charge in [0.05, 0.1) is 17.6 Å². The predicted octanol–water partition coefficient (Wildman–Crippen LogP) is 3.32. The van der Waals surface area contributed by atoms with Crippen LogP contribution < -0.4 is 5.43 Å². The van der Waals surface area contributed by atoms with Gasteiger partial charge in [0.1, 0.15) is 0 Å². The molecule has 0 aliphatic heterocycles. The third-order valence-corrected chi connectivity index (χ3v) is 2.86. The summed E-state index contributed by atoms with van der Waals surface area (Å²) in [7, 11) is 0. The van der Waals surface area contributed by atoms with Crippen LogP contribution in [0.25, 0.3) is 5.69 Å². The summed E-state index contributed by atoms with van der Waals surface area (Å²) in [4.78, 5) is 0. The molecule has 0 saturated carbocycles. The molecule has 0 amide bonds. The van der Waals surface area contributed by atoms with Crippen LogP contribution in [-0.2, 0) is 0 Å². The van der Waals surface area contributed by atoms with Gasteiger partial charge in [-0.2, -0.15) is 10.2 Å². The van der Waals surface area contributed by atoms with Crippen LogP contribution in [0.3, 0.4) is 0 Å². The first-order chi connectivity index (χ1) is 9.93. The standard InChI is InChI=1S/C16H14N4/c1-2-8-15(9-3-1)19-17-13-14-7-4-5-10-16(14)20-12-6-11-18-20/h1-13,19H. The molecule has 0 aliphatic rings. The molecule has 0 radical (unpaired) electrons. The number of hydrogen-bond donors (Lipinski definition) is 1. The van der Waals surface area contributed by atoms with Crippen molar-refractivity contribution in [3.05, 3.63) is 78.6 Å². The molecule has 0 fully saturated rings. The highest BCUT2D eigenvalue weighted by Gasteiger charge is 2.01. The van der Waals surface area contributed by atoms with Crippen LogP contribution in [0.1, 0.15) is 5.56 Å². The highest BCUT2D eigenvalue weighted by molar-refractivity contribution is 5.85. The fraction of sp³-hybridized carbons (Fsp3) is 0. The third-order valence-electron chi connectivity index (χ3n) is 2.86. The lowest BCUT2D eigenvalue weighted by Crippen LogP contribution is -2.00. The number of nitrogens with zero attached hydrogens (tertiary/aromatic N) is 3. The second kappa shape index (κ2) is 5.84. The van der Waals surface area contributed by atoms with Crippen molar-refractivity contribution in [2.24, 2.45) is 5.10 Å². The summed E-state index contributed by atoms with van der Waals surface area (Å²) in [5.41, 5.74) is 5.96. The van der Waals surface area contributed by atoms with E-state index in [2.05, 4.69) is 15.6 Å². The van der Waals surface area contributed by atoms with Crippen LogP contribution in [0.15, 0.2) is 78.2 Å². The molecule has 4 heteroatoms. The number of hydrogen-bond acceptors (Lipinski definition) is 3. The van der Waals surface area contributed by atoms with E-state index in [4.69, 9.17) is 0 Å². The Balaban J connectivity index is 1.81. The Kier molecular flexibility index (Phi) is 3.55. The number of aromatic nitrogens is 2. The van der Waals surface area contributed by atoms with Crippen molar-refractivity contribution in [1.29, 1.82) is 0 Å². The van der Waals surface area contributed by atoms with E-state index in [1.54, 1.807) is 12.4 Å². The van der Waals surface area contributed by atoms with Crippen LogP contribution in [0.2, 0.25) is 0 Å². The van der Waals surface area contributed by atoms with Crippen LogP contribution in [-0.4, -0.2) is 16.0 Å². The van der Waals surface area contributed by atoms with Crippen molar-refractivity contribution in [1.82, 2.24) is 9.78 Å². The smallest absolute Gasteiger partial charge is 0.0733 e. The summed E-state index contributed by atoms with van der Waals surface area (Å²) >= 11 is 0. The fourth-order valence-electron chi connectivity index (χ4n) is 1.91. The minimum absolute atomic E-state index is 0.959. The van der Waals surface area contributed by atoms with Crippen LogP contribution in [0, 0.1) is 0 Å². The van der Waals surface area contributed by atoms with E-state index < -0.39 is 0 Å². The number of nitrogens with one attached hydrogen (secondary N) is 1. The van der Waals surface area contributed by atoms with Gasteiger partial charge in [-0.25, -0.2) is 4.68 Å². The van der Waals surface area contributed by atoms with Crippen molar-refractivity contribution in [2.45, 2.75) is 0 Å². The summed E-state index contributed by atoms with van der Waals surface area (Å²) in [5, 5.41) is 8.51. The maximum Gasteiger partial charge on any atom is 0.0733 e. The minimum atomic E-state index is 0.959. The second-order valence-electron chi connectivity index (χ2n) is 4.25. The van der Waals surface area contributed by atoms with Crippen molar-refractivity contribution >= 4 is 11.9 Å². The monoisotopic (exact) mass is 262 g/mol. The Hall–Kier alpha value is -2.88. The van der Waals surface area contributed by atoms with Crippen LogP contribution >= 0.6 is 0 Å². The van der Waals surface area contributed by atoms with Crippen LogP contribution in [0.5, 0.6) is 0 Å². The van der Waals surface area contributed by atoms with Gasteiger partial charge in [-0.15, -0.1) is 0 Å². The lowest BCUT2D eigenvalue weighted by Gasteiger charge is -2.05. The highest BCUT2D eigenvalue weighted by Crippen LogP contribution is 2.11. The third kappa shape index (κ3) is 2.75. The zero-order valence-corrected chi connectivity index (χ0v) is 10.8. The van der Waals surface area contributed by atoms with E-state index in [0.29, 0.717) is 0 Å². The highest BCUT2D eigenvalue weighted by atomic mass is 15.3. The lowest BCUT2D eigenvalue weighted by atomic mass is 10.2. The van der Waals surface area contributed by atoms with E-state index in [9.17, 15) is 0 Å². The van der Waals surface area contributed by atoms with E-state index in [-0.39, 0.29) is 0 Å². The van der Waals surface area contributed by atoms with E-state index in [1.807, 2.05) is 71.5 Å². The van der Waals surface area contributed by atoms with Gasteiger partial charge in [0.15, 0.2) is 0 Å². The number of benzene rings is 2. The molecule has 1 N–H and O–H groups in total. The van der Waals surface area contributed by atoms with Crippen molar-refractivity contribution < 1.29 is 0 Å². The van der Waals surface area contributed by atoms with Gasteiger partial charge in [0.2, 0.25) is 0 Å². The SMILES string of the molecule is C(=NNc1ccccc1)c1ccccc1-n1cccn1. The molecule has 20 heavy (non-hydrogen) atoms. The van der Waals surface area contributed by atoms with Crippen molar-refractivity contribution in [3.8, 4) is 5.69 Å². The molecule has 0 unspecified atom stereocenters. The molecule has 0 spiro atoms. The van der Waals surface area contributed by atoms with E-state index >= 15 is 0 Å². The molecule has 3 aromatic rings. The van der Waals surface area contributed by atoms with E-state index in [0.717, 1.165) is 16.9 Å². The maximum absolute atomic E-state index is 4.27. The Morgan fingerprint density at radius 1 is 0.950 bits per heavy atom. The lowest BCUT2D eigenvalue weighted by molar-refractivity contribution is 0.879. The number of anilines is 1. The maximum atomic E-state index is 4.27. The minimum Gasteiger partial charge on any atom is -0.279 e. The summed E-state index contributed by atoms with van der Waals surface area (Å²) in [6.45, 7) is 0. The van der Waals surface area contributed by atoms with Crippen molar-refractivity contribution in [3.63, 3.8) is 0 Å². The van der Waals surface area contributed by atoms with Gasteiger partial charge in [0.25, 0.3) is 0 Å². The number of rotatable bonds is 4. The quantitative estimate of drug-likeness (QED) is 0.579. The fourth-order valence-corrected chi connectivity index (χ4v) is 1.91. The first-order valence-corrected chi connectivity index (χ1v) is 6.37. The molecule has 98 valence electrons. The second-order valence-corrected chi connectivity index (χ2v) is 4.25. The molecule has 0 bridgehead atoms. The number of hydrazone groups is 1. The molecule has 0 aliphatic carbocycles. The molecule has 0 atom stereocenters. The van der Waals surface area contributed by atoms with Gasteiger partial charge in [-0.1, -0.05) is 36.4 Å². The van der Waals surface area contributed by atoms with Gasteiger partial charge >= 0.3 is 0 Å². The number of para-hydroxylation sites is 2. The predicted molar refractivity (Wildman–Crippen MR) is 81.2 cm³/mol. The first-order valence-electron chi connectivity index (χ1n) is 6.37. The topological polar surface area (TPSA) is 42.2 Å². The van der Waals surface area contributed by atoms with Crippen molar-refractivity contribution in [2.75, 3.05) is 5.43 Å².